The standard InChI is InChI=1S/C26H27BrN2O2/c1-15-9-5-8-12-19(15)29-25(31)22-16(2)28-20-13-26(3,4)14-21(30)24(20)23(22)17-10-6-7-11-18(17)27/h5-12,23,28H,13-14H2,1-4H3,(H,29,31)/t23-/m1/s1. The first-order chi connectivity index (χ1) is 14.7. The van der Waals surface area contributed by atoms with E-state index in [0.717, 1.165) is 39.1 Å². The number of carbonyl (C=O) groups excluding carboxylic acids is 2. The highest BCUT2D eigenvalue weighted by molar-refractivity contribution is 9.10. The smallest absolute Gasteiger partial charge is 0.254 e. The number of carbonyl (C=O) groups is 2. The first-order valence-corrected chi connectivity index (χ1v) is 11.3. The molecule has 0 bridgehead atoms. The summed E-state index contributed by atoms with van der Waals surface area (Å²) in [6.07, 6.45) is 1.25. The van der Waals surface area contributed by atoms with E-state index < -0.39 is 5.92 Å². The summed E-state index contributed by atoms with van der Waals surface area (Å²) in [6.45, 7) is 8.12. The second-order valence-corrected chi connectivity index (χ2v) is 10.1. The lowest BCUT2D eigenvalue weighted by Gasteiger charge is -2.40. The Labute approximate surface area is 191 Å². The van der Waals surface area contributed by atoms with Crippen LogP contribution in [-0.2, 0) is 9.59 Å². The average Bonchev–Trinajstić information content (AvgIpc) is 2.68. The lowest BCUT2D eigenvalue weighted by Crippen LogP contribution is -2.39. The van der Waals surface area contributed by atoms with Crippen LogP contribution in [0.25, 0.3) is 0 Å². The molecule has 0 fully saturated rings. The molecule has 0 saturated heterocycles. The third-order valence-electron chi connectivity index (χ3n) is 6.09. The minimum Gasteiger partial charge on any atom is -0.362 e. The van der Waals surface area contributed by atoms with Gasteiger partial charge in [0.15, 0.2) is 5.78 Å². The largest absolute Gasteiger partial charge is 0.362 e. The molecule has 1 heterocycles. The van der Waals surface area contributed by atoms with Gasteiger partial charge in [-0.3, -0.25) is 9.59 Å². The third kappa shape index (κ3) is 4.11. The van der Waals surface area contributed by atoms with Gasteiger partial charge in [-0.25, -0.2) is 0 Å². The molecule has 0 saturated carbocycles. The summed E-state index contributed by atoms with van der Waals surface area (Å²) in [5.74, 6) is -0.503. The molecule has 31 heavy (non-hydrogen) atoms. The summed E-state index contributed by atoms with van der Waals surface area (Å²) in [5, 5.41) is 6.49. The van der Waals surface area contributed by atoms with E-state index in [1.54, 1.807) is 0 Å². The fraction of sp³-hybridized carbons (Fsp3) is 0.308. The fourth-order valence-electron chi connectivity index (χ4n) is 4.66. The van der Waals surface area contributed by atoms with Crippen LogP contribution in [0.1, 0.15) is 50.7 Å². The normalized spacial score (nSPS) is 20.3. The number of hydrogen-bond acceptors (Lipinski definition) is 3. The average molecular weight is 479 g/mol. The molecule has 4 rings (SSSR count). The van der Waals surface area contributed by atoms with Gasteiger partial charge in [0.1, 0.15) is 0 Å². The molecule has 5 heteroatoms. The molecule has 2 aliphatic rings. The van der Waals surface area contributed by atoms with Crippen LogP contribution < -0.4 is 10.6 Å². The number of allylic oxidation sites excluding steroid dienone is 3. The number of rotatable bonds is 3. The Balaban J connectivity index is 1.84. The van der Waals surface area contributed by atoms with Gasteiger partial charge in [0.25, 0.3) is 5.91 Å². The van der Waals surface area contributed by atoms with Crippen molar-refractivity contribution in [3.8, 4) is 0 Å². The maximum absolute atomic E-state index is 13.6. The predicted octanol–water partition coefficient (Wildman–Crippen LogP) is 6.00. The summed E-state index contributed by atoms with van der Waals surface area (Å²) in [6, 6.07) is 15.6. The van der Waals surface area contributed by atoms with Gasteiger partial charge in [-0.1, -0.05) is 66.2 Å². The van der Waals surface area contributed by atoms with Crippen molar-refractivity contribution in [2.75, 3.05) is 5.32 Å². The number of benzene rings is 2. The highest BCUT2D eigenvalue weighted by atomic mass is 79.9. The third-order valence-corrected chi connectivity index (χ3v) is 6.82. The van der Waals surface area contributed by atoms with Crippen LogP contribution in [0, 0.1) is 12.3 Å². The minimum absolute atomic E-state index is 0.105. The highest BCUT2D eigenvalue weighted by Crippen LogP contribution is 2.48. The van der Waals surface area contributed by atoms with Crippen LogP contribution >= 0.6 is 15.9 Å². The lowest BCUT2D eigenvalue weighted by atomic mass is 9.68. The molecule has 1 atom stereocenters. The lowest BCUT2D eigenvalue weighted by molar-refractivity contribution is -0.118. The van der Waals surface area contributed by atoms with Crippen LogP contribution in [0.4, 0.5) is 5.69 Å². The molecule has 0 radical (unpaired) electrons. The van der Waals surface area contributed by atoms with Gasteiger partial charge in [-0.2, -0.15) is 0 Å². The fourth-order valence-corrected chi connectivity index (χ4v) is 5.17. The van der Waals surface area contributed by atoms with Crippen LogP contribution in [0.15, 0.2) is 75.5 Å². The van der Waals surface area contributed by atoms with Crippen molar-refractivity contribution in [2.45, 2.75) is 46.5 Å². The summed E-state index contributed by atoms with van der Waals surface area (Å²) in [4.78, 5) is 26.9. The van der Waals surface area contributed by atoms with Crippen LogP contribution in [-0.4, -0.2) is 11.7 Å². The number of halogens is 1. The monoisotopic (exact) mass is 478 g/mol. The Morgan fingerprint density at radius 3 is 2.45 bits per heavy atom. The minimum atomic E-state index is -0.417. The first kappa shape index (κ1) is 21.6. The van der Waals surface area contributed by atoms with E-state index >= 15 is 0 Å². The summed E-state index contributed by atoms with van der Waals surface area (Å²) in [7, 11) is 0. The van der Waals surface area contributed by atoms with E-state index in [9.17, 15) is 9.59 Å². The summed E-state index contributed by atoms with van der Waals surface area (Å²) >= 11 is 3.66. The molecule has 1 aliphatic heterocycles. The number of nitrogens with one attached hydrogen (secondary N) is 2. The number of aryl methyl sites for hydroxylation is 1. The molecule has 0 unspecified atom stereocenters. The zero-order valence-electron chi connectivity index (χ0n) is 18.3. The molecule has 2 N–H and O–H groups in total. The Morgan fingerprint density at radius 2 is 1.74 bits per heavy atom. The molecule has 2 aromatic rings. The number of anilines is 1. The predicted molar refractivity (Wildman–Crippen MR) is 128 cm³/mol. The molecule has 0 aromatic heterocycles. The zero-order chi connectivity index (χ0) is 22.3. The van der Waals surface area contributed by atoms with Gasteiger partial charge in [-0.05, 0) is 48.9 Å². The second kappa shape index (κ2) is 8.12. The molecule has 160 valence electrons. The highest BCUT2D eigenvalue weighted by Gasteiger charge is 2.43. The number of hydrogen-bond donors (Lipinski definition) is 2. The van der Waals surface area contributed by atoms with Crippen LogP contribution in [0.2, 0.25) is 0 Å². The van der Waals surface area contributed by atoms with Gasteiger partial charge in [0, 0.05) is 45.0 Å². The van der Waals surface area contributed by atoms with Crippen LogP contribution in [0.5, 0.6) is 0 Å². The number of amides is 1. The van der Waals surface area contributed by atoms with Crippen molar-refractivity contribution in [2.24, 2.45) is 5.41 Å². The van der Waals surface area contributed by atoms with Crippen molar-refractivity contribution in [1.82, 2.24) is 5.32 Å². The van der Waals surface area contributed by atoms with E-state index in [4.69, 9.17) is 0 Å². The Bertz CT molecular complexity index is 1140. The number of para-hydroxylation sites is 1. The van der Waals surface area contributed by atoms with E-state index in [0.29, 0.717) is 17.6 Å². The molecule has 4 nitrogen and oxygen atoms in total. The molecule has 0 spiro atoms. The molecular formula is C26H27BrN2O2. The van der Waals surface area contributed by atoms with E-state index in [1.807, 2.05) is 62.4 Å². The van der Waals surface area contributed by atoms with Crippen molar-refractivity contribution in [3.05, 3.63) is 86.7 Å². The van der Waals surface area contributed by atoms with E-state index in [-0.39, 0.29) is 17.1 Å². The van der Waals surface area contributed by atoms with Crippen molar-refractivity contribution >= 4 is 33.3 Å². The van der Waals surface area contributed by atoms with Crippen molar-refractivity contribution < 1.29 is 9.59 Å². The summed E-state index contributed by atoms with van der Waals surface area (Å²) < 4.78 is 0.889. The topological polar surface area (TPSA) is 58.2 Å². The molecular weight excluding hydrogens is 452 g/mol. The van der Waals surface area contributed by atoms with Crippen molar-refractivity contribution in [1.29, 1.82) is 0 Å². The maximum Gasteiger partial charge on any atom is 0.254 e. The van der Waals surface area contributed by atoms with Gasteiger partial charge < -0.3 is 10.6 Å². The Morgan fingerprint density at radius 1 is 1.06 bits per heavy atom. The van der Waals surface area contributed by atoms with Gasteiger partial charge in [-0.15, -0.1) is 0 Å². The quantitative estimate of drug-likeness (QED) is 0.568. The zero-order valence-corrected chi connectivity index (χ0v) is 19.9. The number of dihydropyridines is 1. The maximum atomic E-state index is 13.6. The molecule has 2 aromatic carbocycles. The Hall–Kier alpha value is -2.66. The van der Waals surface area contributed by atoms with Gasteiger partial charge >= 0.3 is 0 Å². The van der Waals surface area contributed by atoms with Gasteiger partial charge in [0.05, 0.1) is 0 Å². The first-order valence-electron chi connectivity index (χ1n) is 10.5. The van der Waals surface area contributed by atoms with Crippen LogP contribution in [0.3, 0.4) is 0 Å². The van der Waals surface area contributed by atoms with E-state index in [1.165, 1.54) is 0 Å². The van der Waals surface area contributed by atoms with Crippen molar-refractivity contribution in [3.63, 3.8) is 0 Å². The second-order valence-electron chi connectivity index (χ2n) is 9.22. The SMILES string of the molecule is CC1=C(C(=O)Nc2ccccc2C)[C@@H](c2ccccc2Br)C2=C(CC(C)(C)CC2=O)N1. The number of Topliss-reactive ketones (excluding diaryl/α,β-unsaturated/α-hetero) is 1. The number of ketones is 1. The molecule has 1 amide bonds. The Kier molecular flexibility index (Phi) is 5.65. The van der Waals surface area contributed by atoms with E-state index in [2.05, 4.69) is 40.4 Å². The summed E-state index contributed by atoms with van der Waals surface area (Å²) in [5.41, 5.74) is 5.61. The molecule has 1 aliphatic carbocycles. The van der Waals surface area contributed by atoms with Gasteiger partial charge in [0.2, 0.25) is 0 Å².